The van der Waals surface area contributed by atoms with Gasteiger partial charge in [-0.1, -0.05) is 0 Å². The first-order valence-corrected chi connectivity index (χ1v) is 4.98. The number of benzene rings is 2. The smallest absolute Gasteiger partial charge is 0.156 e. The summed E-state index contributed by atoms with van der Waals surface area (Å²) in [6.45, 7) is 0. The number of nitrogens with two attached hydrogens (primary N) is 1. The molecule has 2 N–H and O–H groups in total. The Morgan fingerprint density at radius 1 is 1.06 bits per heavy atom. The van der Waals surface area contributed by atoms with Gasteiger partial charge in [-0.25, -0.2) is 13.2 Å². The van der Waals surface area contributed by atoms with Crippen molar-refractivity contribution in [2.75, 3.05) is 5.73 Å². The van der Waals surface area contributed by atoms with Crippen LogP contribution in [-0.2, 0) is 0 Å². The molecule has 2 nitrogen and oxygen atoms in total. The molecule has 0 heterocycles. The number of anilines is 1. The lowest BCUT2D eigenvalue weighted by molar-refractivity contribution is 0.592. The standard InChI is InChI=1S/C13H7F3N2/c14-8-1-2-9(7(5-8)6-17)12-10(15)3-4-11(18)13(12)16/h1-5H,18H2. The summed E-state index contributed by atoms with van der Waals surface area (Å²) >= 11 is 0. The molecule has 0 aliphatic carbocycles. The molecule has 0 unspecified atom stereocenters. The largest absolute Gasteiger partial charge is 0.396 e. The van der Waals surface area contributed by atoms with Gasteiger partial charge in [-0.3, -0.25) is 0 Å². The lowest BCUT2D eigenvalue weighted by atomic mass is 9.98. The molecule has 5 heteroatoms. The number of nitriles is 1. The summed E-state index contributed by atoms with van der Waals surface area (Å²) in [5.41, 5.74) is 4.51. The summed E-state index contributed by atoms with van der Waals surface area (Å²) in [7, 11) is 0. The number of rotatable bonds is 1. The number of hydrogen-bond acceptors (Lipinski definition) is 2. The van der Waals surface area contributed by atoms with Crippen LogP contribution in [0.5, 0.6) is 0 Å². The van der Waals surface area contributed by atoms with Crippen LogP contribution in [0.4, 0.5) is 18.9 Å². The number of hydrogen-bond donors (Lipinski definition) is 1. The normalized spacial score (nSPS) is 10.1. The zero-order chi connectivity index (χ0) is 13.3. The molecule has 0 atom stereocenters. The van der Waals surface area contributed by atoms with Gasteiger partial charge in [0.05, 0.1) is 22.9 Å². The van der Waals surface area contributed by atoms with Crippen LogP contribution < -0.4 is 5.73 Å². The molecule has 0 saturated carbocycles. The minimum absolute atomic E-state index is 0.0267. The Balaban J connectivity index is 2.78. The maximum atomic E-state index is 13.8. The summed E-state index contributed by atoms with van der Waals surface area (Å²) < 4.78 is 40.4. The fraction of sp³-hybridized carbons (Fsp3) is 0. The SMILES string of the molecule is N#Cc1cc(F)ccc1-c1c(F)ccc(N)c1F. The first-order valence-electron chi connectivity index (χ1n) is 4.98. The zero-order valence-electron chi connectivity index (χ0n) is 9.05. The Labute approximate surface area is 101 Å². The van der Waals surface area contributed by atoms with Gasteiger partial charge in [0.15, 0.2) is 5.82 Å². The Kier molecular flexibility index (Phi) is 2.94. The topological polar surface area (TPSA) is 49.8 Å². The van der Waals surface area contributed by atoms with Gasteiger partial charge in [-0.15, -0.1) is 0 Å². The van der Waals surface area contributed by atoms with Crippen LogP contribution in [0.15, 0.2) is 30.3 Å². The van der Waals surface area contributed by atoms with E-state index in [1.165, 1.54) is 0 Å². The Morgan fingerprint density at radius 3 is 2.44 bits per heavy atom. The lowest BCUT2D eigenvalue weighted by Crippen LogP contribution is -1.98. The van der Waals surface area contributed by atoms with Crippen molar-refractivity contribution < 1.29 is 13.2 Å². The third-order valence-electron chi connectivity index (χ3n) is 2.49. The number of nitrogen functional groups attached to an aromatic ring is 1. The van der Waals surface area contributed by atoms with E-state index in [4.69, 9.17) is 11.0 Å². The zero-order valence-corrected chi connectivity index (χ0v) is 9.05. The number of halogens is 3. The second-order valence-corrected chi connectivity index (χ2v) is 3.63. The van der Waals surface area contributed by atoms with Gasteiger partial charge in [0, 0.05) is 5.56 Å². The number of nitrogens with zero attached hydrogens (tertiary/aromatic N) is 1. The van der Waals surface area contributed by atoms with Crippen molar-refractivity contribution in [3.8, 4) is 17.2 Å². The van der Waals surface area contributed by atoms with E-state index in [2.05, 4.69) is 0 Å². The summed E-state index contributed by atoms with van der Waals surface area (Å²) in [5.74, 6) is -2.47. The predicted octanol–water partition coefficient (Wildman–Crippen LogP) is 3.22. The Hall–Kier alpha value is -2.48. The molecule has 18 heavy (non-hydrogen) atoms. The average Bonchev–Trinajstić information content (AvgIpc) is 2.36. The van der Waals surface area contributed by atoms with Crippen molar-refractivity contribution in [3.63, 3.8) is 0 Å². The van der Waals surface area contributed by atoms with E-state index in [9.17, 15) is 13.2 Å². The molecule has 0 bridgehead atoms. The van der Waals surface area contributed by atoms with Crippen LogP contribution in [0.25, 0.3) is 11.1 Å². The molecule has 0 spiro atoms. The highest BCUT2D eigenvalue weighted by Crippen LogP contribution is 2.31. The van der Waals surface area contributed by atoms with Crippen LogP contribution >= 0.6 is 0 Å². The maximum Gasteiger partial charge on any atom is 0.156 e. The van der Waals surface area contributed by atoms with Gasteiger partial charge < -0.3 is 5.73 Å². The second-order valence-electron chi connectivity index (χ2n) is 3.63. The lowest BCUT2D eigenvalue weighted by Gasteiger charge is -2.09. The maximum absolute atomic E-state index is 13.8. The fourth-order valence-corrected chi connectivity index (χ4v) is 1.64. The van der Waals surface area contributed by atoms with E-state index in [1.54, 1.807) is 6.07 Å². The molecule has 0 amide bonds. The third-order valence-corrected chi connectivity index (χ3v) is 2.49. The predicted molar refractivity (Wildman–Crippen MR) is 60.9 cm³/mol. The molecule has 0 aromatic heterocycles. The molecule has 90 valence electrons. The summed E-state index contributed by atoms with van der Waals surface area (Å²) in [6, 6.07) is 6.87. The summed E-state index contributed by atoms with van der Waals surface area (Å²) in [5, 5.41) is 8.86. The second kappa shape index (κ2) is 4.41. The van der Waals surface area contributed by atoms with Gasteiger partial charge >= 0.3 is 0 Å². The van der Waals surface area contributed by atoms with E-state index in [0.717, 1.165) is 30.3 Å². The van der Waals surface area contributed by atoms with E-state index in [-0.39, 0.29) is 16.8 Å². The van der Waals surface area contributed by atoms with Crippen molar-refractivity contribution >= 4 is 5.69 Å². The fourth-order valence-electron chi connectivity index (χ4n) is 1.64. The van der Waals surface area contributed by atoms with Crippen molar-refractivity contribution in [1.29, 1.82) is 5.26 Å². The van der Waals surface area contributed by atoms with Crippen LogP contribution in [0.2, 0.25) is 0 Å². The van der Waals surface area contributed by atoms with Crippen LogP contribution in [0.3, 0.4) is 0 Å². The van der Waals surface area contributed by atoms with E-state index < -0.39 is 23.0 Å². The van der Waals surface area contributed by atoms with Gasteiger partial charge in [-0.05, 0) is 30.3 Å². The van der Waals surface area contributed by atoms with Crippen molar-refractivity contribution in [3.05, 3.63) is 53.3 Å². The molecule has 0 saturated heterocycles. The highest BCUT2D eigenvalue weighted by atomic mass is 19.1. The first-order chi connectivity index (χ1) is 8.54. The van der Waals surface area contributed by atoms with E-state index in [1.807, 2.05) is 0 Å². The van der Waals surface area contributed by atoms with Crippen LogP contribution in [0.1, 0.15) is 5.56 Å². The third kappa shape index (κ3) is 1.89. The molecule has 0 fully saturated rings. The quantitative estimate of drug-likeness (QED) is 0.787. The molecular formula is C13H7F3N2. The Bertz CT molecular complexity index is 660. The molecule has 0 radical (unpaired) electrons. The minimum Gasteiger partial charge on any atom is -0.396 e. The van der Waals surface area contributed by atoms with Crippen molar-refractivity contribution in [1.82, 2.24) is 0 Å². The summed E-state index contributed by atoms with van der Waals surface area (Å²) in [4.78, 5) is 0. The highest BCUT2D eigenvalue weighted by Gasteiger charge is 2.17. The van der Waals surface area contributed by atoms with Gasteiger partial charge in [-0.2, -0.15) is 5.26 Å². The monoisotopic (exact) mass is 248 g/mol. The van der Waals surface area contributed by atoms with Crippen LogP contribution in [0, 0.1) is 28.8 Å². The van der Waals surface area contributed by atoms with Gasteiger partial charge in [0.2, 0.25) is 0 Å². The van der Waals surface area contributed by atoms with Gasteiger partial charge in [0.1, 0.15) is 11.6 Å². The van der Waals surface area contributed by atoms with E-state index in [0.29, 0.717) is 0 Å². The summed E-state index contributed by atoms with van der Waals surface area (Å²) in [6.07, 6.45) is 0. The molecule has 0 aliphatic heterocycles. The highest BCUT2D eigenvalue weighted by molar-refractivity contribution is 5.74. The van der Waals surface area contributed by atoms with Crippen molar-refractivity contribution in [2.24, 2.45) is 0 Å². The first kappa shape index (κ1) is 12.0. The molecular weight excluding hydrogens is 241 g/mol. The Morgan fingerprint density at radius 2 is 1.78 bits per heavy atom. The molecule has 2 aromatic carbocycles. The van der Waals surface area contributed by atoms with E-state index >= 15 is 0 Å². The molecule has 2 aromatic rings. The van der Waals surface area contributed by atoms with Gasteiger partial charge in [0.25, 0.3) is 0 Å². The van der Waals surface area contributed by atoms with Crippen LogP contribution in [-0.4, -0.2) is 0 Å². The minimum atomic E-state index is -0.960. The molecule has 2 rings (SSSR count). The molecule has 0 aliphatic rings. The average molecular weight is 248 g/mol. The van der Waals surface area contributed by atoms with Crippen molar-refractivity contribution in [2.45, 2.75) is 0 Å².